The number of pyridine rings is 1. The molecule has 0 unspecified atom stereocenters. The van der Waals surface area contributed by atoms with Crippen molar-refractivity contribution in [2.24, 2.45) is 0 Å². The molecule has 1 saturated heterocycles. The largest absolute Gasteiger partial charge is 0.467 e. The van der Waals surface area contributed by atoms with E-state index in [2.05, 4.69) is 35.7 Å². The van der Waals surface area contributed by atoms with Gasteiger partial charge in [-0.05, 0) is 30.7 Å². The van der Waals surface area contributed by atoms with Crippen LogP contribution in [0.1, 0.15) is 34.9 Å². The second kappa shape index (κ2) is 11.1. The Hall–Kier alpha value is -4.56. The van der Waals surface area contributed by atoms with E-state index >= 15 is 4.39 Å². The SMILES string of the molecule is COc1ncc(C(=O)NC2(C(=O)N[C@H](C)c3ncc(-c4cc(Cl)cc(F)c4-c4noc(C)n4)cc3F)COC2)cn1. The summed E-state index contributed by atoms with van der Waals surface area (Å²) >= 11 is 6.08. The molecule has 2 amide bonds. The van der Waals surface area contributed by atoms with Crippen LogP contribution >= 0.6 is 11.6 Å². The minimum absolute atomic E-state index is 0.0342. The van der Waals surface area contributed by atoms with Gasteiger partial charge in [0.2, 0.25) is 11.7 Å². The lowest BCUT2D eigenvalue weighted by molar-refractivity contribution is -0.147. The van der Waals surface area contributed by atoms with E-state index in [-0.39, 0.29) is 63.9 Å². The summed E-state index contributed by atoms with van der Waals surface area (Å²) in [5.41, 5.74) is -1.02. The highest BCUT2D eigenvalue weighted by Crippen LogP contribution is 2.36. The van der Waals surface area contributed by atoms with Gasteiger partial charge in [0.25, 0.3) is 11.8 Å². The van der Waals surface area contributed by atoms with Gasteiger partial charge in [0.05, 0.1) is 43.2 Å². The van der Waals surface area contributed by atoms with Crippen LogP contribution in [0.25, 0.3) is 22.5 Å². The predicted molar refractivity (Wildman–Crippen MR) is 139 cm³/mol. The predicted octanol–water partition coefficient (Wildman–Crippen LogP) is 3.21. The van der Waals surface area contributed by atoms with Crippen LogP contribution in [0, 0.1) is 18.6 Å². The number of hydrogen-bond acceptors (Lipinski definition) is 10. The standard InChI is InChI=1S/C26H22ClF2N7O5/c1-12(33-24(38)26(10-40-11-26)35-23(37)15-8-31-25(39-3)32-9-15)21-19(29)4-14(7-30-21)17-5-16(27)6-18(28)20(17)22-34-13(2)41-36-22/h4-9,12H,10-11H2,1-3H3,(H,33,38)(H,35,37)/t12-/m1/s1. The number of amides is 2. The van der Waals surface area contributed by atoms with Crippen LogP contribution in [0.4, 0.5) is 8.78 Å². The molecule has 15 heteroatoms. The van der Waals surface area contributed by atoms with Crippen LogP contribution in [-0.4, -0.2) is 62.8 Å². The molecule has 1 aromatic carbocycles. The van der Waals surface area contributed by atoms with Crippen LogP contribution in [0.2, 0.25) is 5.02 Å². The number of aromatic nitrogens is 5. The minimum atomic E-state index is -1.39. The monoisotopic (exact) mass is 585 g/mol. The van der Waals surface area contributed by atoms with Gasteiger partial charge in [-0.2, -0.15) is 4.98 Å². The lowest BCUT2D eigenvalue weighted by Crippen LogP contribution is -2.70. The maximum absolute atomic E-state index is 15.4. The van der Waals surface area contributed by atoms with E-state index < -0.39 is 35.0 Å². The molecule has 0 bridgehead atoms. The zero-order chi connectivity index (χ0) is 29.3. The zero-order valence-corrected chi connectivity index (χ0v) is 22.6. The summed E-state index contributed by atoms with van der Waals surface area (Å²) in [7, 11) is 1.39. The fraction of sp³-hybridized carbons (Fsp3) is 0.269. The first-order chi connectivity index (χ1) is 19.6. The molecule has 0 aliphatic carbocycles. The van der Waals surface area contributed by atoms with Crippen molar-refractivity contribution in [3.8, 4) is 28.5 Å². The fourth-order valence-electron chi connectivity index (χ4n) is 4.14. The van der Waals surface area contributed by atoms with E-state index in [4.69, 9.17) is 25.6 Å². The van der Waals surface area contributed by atoms with Crippen molar-refractivity contribution < 1.29 is 32.4 Å². The van der Waals surface area contributed by atoms with Crippen molar-refractivity contribution in [2.45, 2.75) is 25.4 Å². The van der Waals surface area contributed by atoms with Gasteiger partial charge in [-0.3, -0.25) is 14.6 Å². The summed E-state index contributed by atoms with van der Waals surface area (Å²) in [5.74, 6) is -2.52. The number of nitrogens with zero attached hydrogens (tertiary/aromatic N) is 5. The Morgan fingerprint density at radius 1 is 1.10 bits per heavy atom. The summed E-state index contributed by atoms with van der Waals surface area (Å²) in [6.07, 6.45) is 3.83. The van der Waals surface area contributed by atoms with Crippen molar-refractivity contribution in [2.75, 3.05) is 20.3 Å². The first kappa shape index (κ1) is 28.0. The van der Waals surface area contributed by atoms with Gasteiger partial charge >= 0.3 is 6.01 Å². The number of ether oxygens (including phenoxy) is 2. The number of halogens is 3. The van der Waals surface area contributed by atoms with Crippen LogP contribution in [-0.2, 0) is 9.53 Å². The number of aryl methyl sites for hydroxylation is 1. The molecule has 0 radical (unpaired) electrons. The summed E-state index contributed by atoms with van der Waals surface area (Å²) in [4.78, 5) is 41.9. The molecule has 2 N–H and O–H groups in total. The molecule has 212 valence electrons. The Bertz CT molecular complexity index is 1630. The Kier molecular flexibility index (Phi) is 7.60. The highest BCUT2D eigenvalue weighted by molar-refractivity contribution is 6.31. The van der Waals surface area contributed by atoms with Crippen LogP contribution in [0.3, 0.4) is 0 Å². The summed E-state index contributed by atoms with van der Waals surface area (Å²) in [5, 5.41) is 9.15. The molecule has 4 aromatic rings. The van der Waals surface area contributed by atoms with Gasteiger partial charge in [-0.25, -0.2) is 18.7 Å². The molecule has 0 spiro atoms. The van der Waals surface area contributed by atoms with Crippen molar-refractivity contribution in [3.63, 3.8) is 0 Å². The van der Waals surface area contributed by atoms with Crippen LogP contribution in [0.5, 0.6) is 6.01 Å². The van der Waals surface area contributed by atoms with Gasteiger partial charge in [0.15, 0.2) is 5.54 Å². The molecule has 1 atom stereocenters. The zero-order valence-electron chi connectivity index (χ0n) is 21.9. The molecular weight excluding hydrogens is 564 g/mol. The van der Waals surface area contributed by atoms with Crippen molar-refractivity contribution in [1.29, 1.82) is 0 Å². The number of benzene rings is 1. The van der Waals surface area contributed by atoms with Crippen molar-refractivity contribution >= 4 is 23.4 Å². The average molecular weight is 586 g/mol. The number of rotatable bonds is 8. The first-order valence-electron chi connectivity index (χ1n) is 12.1. The molecular formula is C26H22ClF2N7O5. The lowest BCUT2D eigenvalue weighted by Gasteiger charge is -2.40. The second-order valence-electron chi connectivity index (χ2n) is 9.22. The van der Waals surface area contributed by atoms with E-state index in [1.807, 2.05) is 0 Å². The number of nitrogens with one attached hydrogen (secondary N) is 2. The van der Waals surface area contributed by atoms with Gasteiger partial charge in [0, 0.05) is 36.1 Å². The van der Waals surface area contributed by atoms with E-state index in [0.29, 0.717) is 0 Å². The molecule has 4 heterocycles. The highest BCUT2D eigenvalue weighted by atomic mass is 35.5. The number of carbonyl (C=O) groups is 2. The second-order valence-corrected chi connectivity index (χ2v) is 9.66. The van der Waals surface area contributed by atoms with Gasteiger partial charge in [-0.1, -0.05) is 16.8 Å². The van der Waals surface area contributed by atoms with Gasteiger partial charge in [0.1, 0.15) is 11.6 Å². The molecule has 41 heavy (non-hydrogen) atoms. The first-order valence-corrected chi connectivity index (χ1v) is 12.5. The van der Waals surface area contributed by atoms with Crippen molar-refractivity contribution in [1.82, 2.24) is 35.7 Å². The normalized spacial score (nSPS) is 14.6. The van der Waals surface area contributed by atoms with E-state index in [1.54, 1.807) is 6.92 Å². The van der Waals surface area contributed by atoms with E-state index in [1.165, 1.54) is 38.7 Å². The third kappa shape index (κ3) is 5.56. The fourth-order valence-corrected chi connectivity index (χ4v) is 4.35. The molecule has 12 nitrogen and oxygen atoms in total. The Morgan fingerprint density at radius 2 is 1.83 bits per heavy atom. The lowest BCUT2D eigenvalue weighted by atomic mass is 9.94. The Labute approximate surface area is 236 Å². The number of carbonyl (C=O) groups excluding carboxylic acids is 2. The molecule has 0 saturated carbocycles. The third-order valence-corrected chi connectivity index (χ3v) is 6.52. The maximum Gasteiger partial charge on any atom is 0.316 e. The number of methoxy groups -OCH3 is 1. The van der Waals surface area contributed by atoms with E-state index in [9.17, 15) is 14.0 Å². The summed E-state index contributed by atoms with van der Waals surface area (Å²) < 4.78 is 45.3. The smallest absolute Gasteiger partial charge is 0.316 e. The molecule has 1 aliphatic heterocycles. The van der Waals surface area contributed by atoms with Crippen molar-refractivity contribution in [3.05, 3.63) is 70.6 Å². The molecule has 3 aromatic heterocycles. The quantitative estimate of drug-likeness (QED) is 0.315. The van der Waals surface area contributed by atoms with Gasteiger partial charge in [-0.15, -0.1) is 0 Å². The maximum atomic E-state index is 15.4. The third-order valence-electron chi connectivity index (χ3n) is 6.30. The Balaban J connectivity index is 1.35. The Morgan fingerprint density at radius 3 is 2.41 bits per heavy atom. The van der Waals surface area contributed by atoms with E-state index in [0.717, 1.165) is 12.1 Å². The molecule has 1 fully saturated rings. The minimum Gasteiger partial charge on any atom is -0.467 e. The average Bonchev–Trinajstić information content (AvgIpc) is 3.35. The van der Waals surface area contributed by atoms with Crippen LogP contribution < -0.4 is 15.4 Å². The summed E-state index contributed by atoms with van der Waals surface area (Å²) in [6, 6.07) is 2.83. The molecule has 1 aliphatic rings. The van der Waals surface area contributed by atoms with Gasteiger partial charge < -0.3 is 24.6 Å². The summed E-state index contributed by atoms with van der Waals surface area (Å²) in [6.45, 7) is 2.89. The number of hydrogen-bond donors (Lipinski definition) is 2. The molecule has 5 rings (SSSR count). The highest BCUT2D eigenvalue weighted by Gasteiger charge is 2.48. The topological polar surface area (TPSA) is 154 Å². The van der Waals surface area contributed by atoms with Crippen LogP contribution in [0.15, 0.2) is 41.3 Å².